The van der Waals surface area contributed by atoms with Gasteiger partial charge in [-0.2, -0.15) is 0 Å². The molecule has 0 aromatic carbocycles. The summed E-state index contributed by atoms with van der Waals surface area (Å²) in [7, 11) is 0. The number of hydrogen-bond acceptors (Lipinski definition) is 6. The van der Waals surface area contributed by atoms with Crippen molar-refractivity contribution in [2.24, 2.45) is 0 Å². The van der Waals surface area contributed by atoms with E-state index in [9.17, 15) is 14.4 Å². The maximum Gasteiger partial charge on any atom is 0.306 e. The summed E-state index contributed by atoms with van der Waals surface area (Å²) in [6, 6.07) is 0. The lowest BCUT2D eigenvalue weighted by Gasteiger charge is -2.18. The predicted molar refractivity (Wildman–Crippen MR) is 358 cm³/mol. The zero-order chi connectivity index (χ0) is 59.2. The van der Waals surface area contributed by atoms with Crippen molar-refractivity contribution >= 4 is 17.9 Å². The molecule has 0 aliphatic carbocycles. The van der Waals surface area contributed by atoms with Crippen molar-refractivity contribution in [3.8, 4) is 0 Å². The average molecular weight is 1150 g/mol. The van der Waals surface area contributed by atoms with Crippen LogP contribution >= 0.6 is 0 Å². The van der Waals surface area contributed by atoms with Gasteiger partial charge >= 0.3 is 17.9 Å². The molecule has 82 heavy (non-hydrogen) atoms. The number of esters is 3. The van der Waals surface area contributed by atoms with Gasteiger partial charge in [-0.1, -0.05) is 326 Å². The van der Waals surface area contributed by atoms with Crippen molar-refractivity contribution in [1.82, 2.24) is 0 Å². The van der Waals surface area contributed by atoms with Crippen molar-refractivity contribution in [1.29, 1.82) is 0 Å². The predicted octanol–water partition coefficient (Wildman–Crippen LogP) is 25.3. The van der Waals surface area contributed by atoms with Crippen LogP contribution in [0.4, 0.5) is 0 Å². The minimum Gasteiger partial charge on any atom is -0.462 e. The quantitative estimate of drug-likeness (QED) is 0.0261. The first kappa shape index (κ1) is 79.4. The Morgan fingerprint density at radius 2 is 0.439 bits per heavy atom. The highest BCUT2D eigenvalue weighted by Gasteiger charge is 2.19. The van der Waals surface area contributed by atoms with E-state index in [0.717, 1.165) is 77.0 Å². The summed E-state index contributed by atoms with van der Waals surface area (Å²) in [6.07, 6.45) is 90.0. The van der Waals surface area contributed by atoms with Gasteiger partial charge in [0.05, 0.1) is 0 Å². The van der Waals surface area contributed by atoms with Gasteiger partial charge in [-0.3, -0.25) is 14.4 Å². The first-order valence-corrected chi connectivity index (χ1v) is 36.6. The molecule has 6 heteroatoms. The van der Waals surface area contributed by atoms with Gasteiger partial charge in [0.2, 0.25) is 0 Å². The van der Waals surface area contributed by atoms with Crippen LogP contribution in [0.25, 0.3) is 0 Å². The third-order valence-corrected chi connectivity index (χ3v) is 16.5. The molecule has 0 saturated carbocycles. The number of rotatable bonds is 68. The minimum absolute atomic E-state index is 0.0748. The number of hydrogen-bond donors (Lipinski definition) is 0. The highest BCUT2D eigenvalue weighted by Crippen LogP contribution is 2.18. The summed E-state index contributed by atoms with van der Waals surface area (Å²) >= 11 is 0. The Morgan fingerprint density at radius 3 is 0.695 bits per heavy atom. The molecule has 0 aromatic heterocycles. The highest BCUT2D eigenvalue weighted by atomic mass is 16.6. The fourth-order valence-electron chi connectivity index (χ4n) is 11.0. The fourth-order valence-corrected chi connectivity index (χ4v) is 11.0. The second kappa shape index (κ2) is 70.9. The van der Waals surface area contributed by atoms with E-state index in [4.69, 9.17) is 14.2 Å². The highest BCUT2D eigenvalue weighted by molar-refractivity contribution is 5.71. The molecule has 0 N–H and O–H groups in total. The molecular formula is C76H140O6. The molecule has 0 aromatic rings. The van der Waals surface area contributed by atoms with Crippen LogP contribution < -0.4 is 0 Å². The largest absolute Gasteiger partial charge is 0.462 e. The van der Waals surface area contributed by atoms with Gasteiger partial charge in [-0.25, -0.2) is 0 Å². The molecule has 1 unspecified atom stereocenters. The van der Waals surface area contributed by atoms with Crippen LogP contribution in [0.5, 0.6) is 0 Å². The molecule has 0 aliphatic rings. The second-order valence-corrected chi connectivity index (χ2v) is 24.8. The Morgan fingerprint density at radius 1 is 0.244 bits per heavy atom. The SMILES string of the molecule is CCCCCC/C=C\C/C=C\CCCCCCCC(=O)OCC(COC(=O)CCCCCCCCCCCCCCCCC/C=C\CCCCCCCCCC)OC(=O)CCCCCCCCCCC/C=C\CCCCCCCCCC. The van der Waals surface area contributed by atoms with Crippen molar-refractivity contribution in [3.05, 3.63) is 48.6 Å². The number of allylic oxidation sites excluding steroid dienone is 8. The number of unbranched alkanes of at least 4 members (excludes halogenated alkanes) is 49. The Bertz CT molecular complexity index is 1410. The monoisotopic (exact) mass is 1150 g/mol. The molecule has 480 valence electrons. The second-order valence-electron chi connectivity index (χ2n) is 24.8. The van der Waals surface area contributed by atoms with E-state index >= 15 is 0 Å². The van der Waals surface area contributed by atoms with Gasteiger partial charge in [-0.15, -0.1) is 0 Å². The molecule has 1 atom stereocenters. The van der Waals surface area contributed by atoms with E-state index in [1.807, 2.05) is 0 Å². The molecule has 0 spiro atoms. The molecule has 0 aliphatic heterocycles. The Labute approximate surface area is 511 Å². The number of ether oxygens (including phenoxy) is 3. The number of carbonyl (C=O) groups excluding carboxylic acids is 3. The third-order valence-electron chi connectivity index (χ3n) is 16.5. The van der Waals surface area contributed by atoms with Crippen LogP contribution in [0.1, 0.15) is 400 Å². The molecule has 0 radical (unpaired) electrons. The first-order valence-electron chi connectivity index (χ1n) is 36.6. The van der Waals surface area contributed by atoms with Crippen molar-refractivity contribution in [2.75, 3.05) is 13.2 Å². The van der Waals surface area contributed by atoms with E-state index in [2.05, 4.69) is 69.4 Å². The van der Waals surface area contributed by atoms with Gasteiger partial charge < -0.3 is 14.2 Å². The summed E-state index contributed by atoms with van der Waals surface area (Å²) in [5, 5.41) is 0. The lowest BCUT2D eigenvalue weighted by molar-refractivity contribution is -0.167. The summed E-state index contributed by atoms with van der Waals surface area (Å²) < 4.78 is 17.0. The zero-order valence-corrected chi connectivity index (χ0v) is 55.3. The van der Waals surface area contributed by atoms with Gasteiger partial charge in [0, 0.05) is 19.3 Å². The summed E-state index contributed by atoms with van der Waals surface area (Å²) in [6.45, 7) is 6.68. The first-order chi connectivity index (χ1) is 40.5. The van der Waals surface area contributed by atoms with Gasteiger partial charge in [0.15, 0.2) is 6.10 Å². The number of carbonyl (C=O) groups is 3. The van der Waals surface area contributed by atoms with Crippen molar-refractivity contribution in [2.45, 2.75) is 406 Å². The van der Waals surface area contributed by atoms with Crippen LogP contribution in [0.3, 0.4) is 0 Å². The molecule has 0 bridgehead atoms. The Hall–Kier alpha value is -2.63. The standard InChI is InChI=1S/C76H140O6/c1-4-7-10-13-16-19-22-25-28-31-33-35-36-37-38-39-40-42-43-45-48-51-54-57-60-63-66-69-75(78)81-72-73(71-80-74(77)68-65-62-59-56-53-50-47-30-27-24-21-18-15-12-9-6-3)82-76(79)70-67-64-61-58-55-52-49-46-44-41-34-32-29-26-23-20-17-14-11-8-5-2/h21,24,30-34,47,73H,4-20,22-23,25-29,35-46,48-72H2,1-3H3/b24-21-,33-31-,34-32-,47-30-. The summed E-state index contributed by atoms with van der Waals surface area (Å²) in [5.74, 6) is -0.864. The molecule has 0 amide bonds. The summed E-state index contributed by atoms with van der Waals surface area (Å²) in [4.78, 5) is 38.5. The van der Waals surface area contributed by atoms with Gasteiger partial charge in [0.1, 0.15) is 13.2 Å². The van der Waals surface area contributed by atoms with Gasteiger partial charge in [-0.05, 0) is 103 Å². The third kappa shape index (κ3) is 68.2. The van der Waals surface area contributed by atoms with Crippen LogP contribution in [-0.2, 0) is 28.6 Å². The normalized spacial score (nSPS) is 12.3. The van der Waals surface area contributed by atoms with Crippen LogP contribution in [0.15, 0.2) is 48.6 Å². The van der Waals surface area contributed by atoms with E-state index in [0.29, 0.717) is 19.3 Å². The van der Waals surface area contributed by atoms with Crippen LogP contribution in [-0.4, -0.2) is 37.2 Å². The Kier molecular flexibility index (Phi) is 68.6. The molecule has 0 rings (SSSR count). The van der Waals surface area contributed by atoms with E-state index in [1.54, 1.807) is 0 Å². The maximum absolute atomic E-state index is 13.0. The smallest absolute Gasteiger partial charge is 0.306 e. The van der Waals surface area contributed by atoms with Crippen LogP contribution in [0.2, 0.25) is 0 Å². The molecule has 0 saturated heterocycles. The maximum atomic E-state index is 13.0. The molecule has 6 nitrogen and oxygen atoms in total. The Balaban J connectivity index is 4.28. The molecule has 0 heterocycles. The minimum atomic E-state index is -0.781. The summed E-state index contributed by atoms with van der Waals surface area (Å²) in [5.41, 5.74) is 0. The van der Waals surface area contributed by atoms with Crippen LogP contribution in [0, 0.1) is 0 Å². The topological polar surface area (TPSA) is 78.9 Å². The molecular weight excluding hydrogens is 1010 g/mol. The fraction of sp³-hybridized carbons (Fsp3) is 0.855. The van der Waals surface area contributed by atoms with E-state index < -0.39 is 6.10 Å². The average Bonchev–Trinajstić information content (AvgIpc) is 3.47. The molecule has 0 fully saturated rings. The lowest BCUT2D eigenvalue weighted by Crippen LogP contribution is -2.30. The van der Waals surface area contributed by atoms with Crippen molar-refractivity contribution < 1.29 is 28.6 Å². The van der Waals surface area contributed by atoms with E-state index in [-0.39, 0.29) is 31.1 Å². The van der Waals surface area contributed by atoms with Crippen molar-refractivity contribution in [3.63, 3.8) is 0 Å². The zero-order valence-electron chi connectivity index (χ0n) is 55.3. The van der Waals surface area contributed by atoms with E-state index in [1.165, 1.54) is 283 Å². The van der Waals surface area contributed by atoms with Gasteiger partial charge in [0.25, 0.3) is 0 Å². The lowest BCUT2D eigenvalue weighted by atomic mass is 10.0.